The van der Waals surface area contributed by atoms with Gasteiger partial charge in [-0.1, -0.05) is 6.92 Å². The van der Waals surface area contributed by atoms with Crippen LogP contribution in [0.4, 0.5) is 4.79 Å². The Hall–Kier alpha value is -1.70. The van der Waals surface area contributed by atoms with Crippen LogP contribution in [0.25, 0.3) is 0 Å². The van der Waals surface area contributed by atoms with Crippen LogP contribution in [0.3, 0.4) is 0 Å². The summed E-state index contributed by atoms with van der Waals surface area (Å²) in [5.41, 5.74) is 0. The number of hydrogen-bond donors (Lipinski definition) is 3. The second-order valence-electron chi connectivity index (χ2n) is 3.23. The van der Waals surface area contributed by atoms with Gasteiger partial charge in [0.25, 0.3) is 0 Å². The highest BCUT2D eigenvalue weighted by Gasteiger charge is 2.17. The summed E-state index contributed by atoms with van der Waals surface area (Å²) < 4.78 is 0. The van der Waals surface area contributed by atoms with Gasteiger partial charge in [0.1, 0.15) is 6.04 Å². The van der Waals surface area contributed by atoms with E-state index >= 15 is 0 Å². The number of carboxylic acid groups (broad SMARTS) is 1. The van der Waals surface area contributed by atoms with Gasteiger partial charge in [0.05, 0.1) is 0 Å². The van der Waals surface area contributed by atoms with Crippen LogP contribution in [-0.4, -0.2) is 29.2 Å². The first kappa shape index (κ1) is 13.3. The van der Waals surface area contributed by atoms with Crippen molar-refractivity contribution < 1.29 is 14.7 Å². The van der Waals surface area contributed by atoms with Crippen molar-refractivity contribution in [1.29, 1.82) is 0 Å². The van der Waals surface area contributed by atoms with Crippen molar-refractivity contribution in [3.05, 3.63) is 0 Å². The summed E-state index contributed by atoms with van der Waals surface area (Å²) in [7, 11) is 0. The van der Waals surface area contributed by atoms with E-state index in [-0.39, 0.29) is 6.04 Å². The van der Waals surface area contributed by atoms with Crippen molar-refractivity contribution in [2.75, 3.05) is 0 Å². The number of carbonyl (C=O) groups is 2. The molecule has 15 heavy (non-hydrogen) atoms. The van der Waals surface area contributed by atoms with Crippen LogP contribution >= 0.6 is 0 Å². The maximum absolute atomic E-state index is 11.2. The fraction of sp³-hybridized carbons (Fsp3) is 0.600. The van der Waals surface area contributed by atoms with Crippen molar-refractivity contribution in [1.82, 2.24) is 10.6 Å². The summed E-state index contributed by atoms with van der Waals surface area (Å²) in [5, 5.41) is 13.6. The Morgan fingerprint density at radius 2 is 2.07 bits per heavy atom. The van der Waals surface area contributed by atoms with E-state index in [1.54, 1.807) is 13.8 Å². The number of rotatable bonds is 5. The van der Waals surface area contributed by atoms with Gasteiger partial charge >= 0.3 is 12.0 Å². The minimum atomic E-state index is -1.04. The number of urea groups is 1. The van der Waals surface area contributed by atoms with E-state index in [9.17, 15) is 9.59 Å². The van der Waals surface area contributed by atoms with Crippen LogP contribution in [0, 0.1) is 12.3 Å². The zero-order valence-corrected chi connectivity index (χ0v) is 8.91. The molecule has 2 unspecified atom stereocenters. The fourth-order valence-electron chi connectivity index (χ4n) is 0.990. The van der Waals surface area contributed by atoms with Crippen molar-refractivity contribution in [3.8, 4) is 12.3 Å². The van der Waals surface area contributed by atoms with E-state index in [2.05, 4.69) is 16.6 Å². The lowest BCUT2D eigenvalue weighted by Crippen LogP contribution is -2.48. The van der Waals surface area contributed by atoms with Crippen molar-refractivity contribution in [2.45, 2.75) is 38.8 Å². The van der Waals surface area contributed by atoms with Gasteiger partial charge in [-0.05, 0) is 13.3 Å². The van der Waals surface area contributed by atoms with Gasteiger partial charge in [0, 0.05) is 12.5 Å². The van der Waals surface area contributed by atoms with Crippen LogP contribution in [0.2, 0.25) is 0 Å². The Kier molecular flexibility index (Phi) is 5.95. The van der Waals surface area contributed by atoms with Crippen LogP contribution in [0.1, 0.15) is 26.7 Å². The average molecular weight is 212 g/mol. The van der Waals surface area contributed by atoms with Gasteiger partial charge in [-0.15, -0.1) is 12.3 Å². The number of aliphatic carboxylic acids is 1. The molecule has 0 bridgehead atoms. The number of amides is 2. The standard InChI is InChI=1S/C10H16N2O3/c1-4-6-7(3)11-10(15)12-8(5-2)9(13)14/h1,7-8H,5-6H2,2-3H3,(H,13,14)(H2,11,12,15). The second-order valence-corrected chi connectivity index (χ2v) is 3.23. The van der Waals surface area contributed by atoms with Crippen LogP contribution in [-0.2, 0) is 4.79 Å². The minimum absolute atomic E-state index is 0.165. The van der Waals surface area contributed by atoms with Gasteiger partial charge < -0.3 is 15.7 Å². The molecule has 0 aromatic carbocycles. The Balaban J connectivity index is 4.02. The first-order chi connectivity index (χ1) is 7.01. The van der Waals surface area contributed by atoms with Gasteiger partial charge in [-0.25, -0.2) is 9.59 Å². The molecule has 2 atom stereocenters. The molecule has 0 aliphatic heterocycles. The summed E-state index contributed by atoms with van der Waals surface area (Å²) in [5.74, 6) is 1.36. The highest BCUT2D eigenvalue weighted by atomic mass is 16.4. The lowest BCUT2D eigenvalue weighted by molar-refractivity contribution is -0.139. The Morgan fingerprint density at radius 3 is 2.47 bits per heavy atom. The highest BCUT2D eigenvalue weighted by molar-refractivity contribution is 5.82. The molecule has 0 fully saturated rings. The zero-order valence-electron chi connectivity index (χ0n) is 8.91. The van der Waals surface area contributed by atoms with Crippen molar-refractivity contribution >= 4 is 12.0 Å². The van der Waals surface area contributed by atoms with Gasteiger partial charge in [0.15, 0.2) is 0 Å². The third-order valence-corrected chi connectivity index (χ3v) is 1.81. The third-order valence-electron chi connectivity index (χ3n) is 1.81. The summed E-state index contributed by atoms with van der Waals surface area (Å²) in [6.45, 7) is 3.44. The minimum Gasteiger partial charge on any atom is -0.480 e. The molecule has 0 radical (unpaired) electrons. The number of carbonyl (C=O) groups excluding carboxylic acids is 1. The molecule has 2 amide bonds. The molecule has 0 aliphatic rings. The zero-order chi connectivity index (χ0) is 11.8. The lowest BCUT2D eigenvalue weighted by atomic mass is 10.2. The molecule has 0 heterocycles. The normalized spacial score (nSPS) is 13.4. The molecule has 5 nitrogen and oxygen atoms in total. The maximum Gasteiger partial charge on any atom is 0.326 e. The van der Waals surface area contributed by atoms with Crippen molar-refractivity contribution in [3.63, 3.8) is 0 Å². The molecule has 0 spiro atoms. The number of terminal acetylenes is 1. The van der Waals surface area contributed by atoms with Crippen LogP contribution in [0.5, 0.6) is 0 Å². The van der Waals surface area contributed by atoms with Gasteiger partial charge in [-0.3, -0.25) is 0 Å². The van der Waals surface area contributed by atoms with E-state index in [1.165, 1.54) is 0 Å². The van der Waals surface area contributed by atoms with Gasteiger partial charge in [0.2, 0.25) is 0 Å². The second kappa shape index (κ2) is 6.71. The van der Waals surface area contributed by atoms with E-state index in [0.29, 0.717) is 12.8 Å². The number of hydrogen-bond acceptors (Lipinski definition) is 2. The quantitative estimate of drug-likeness (QED) is 0.583. The third kappa shape index (κ3) is 5.57. The molecule has 0 aliphatic carbocycles. The number of nitrogens with one attached hydrogen (secondary N) is 2. The lowest BCUT2D eigenvalue weighted by Gasteiger charge is -2.15. The van der Waals surface area contributed by atoms with Crippen LogP contribution in [0.15, 0.2) is 0 Å². The molecule has 3 N–H and O–H groups in total. The highest BCUT2D eigenvalue weighted by Crippen LogP contribution is 1.92. The Morgan fingerprint density at radius 1 is 1.47 bits per heavy atom. The molecule has 0 saturated heterocycles. The summed E-state index contributed by atoms with van der Waals surface area (Å²) >= 11 is 0. The molecule has 0 rings (SSSR count). The number of carboxylic acids is 1. The van der Waals surface area contributed by atoms with E-state index < -0.39 is 18.0 Å². The van der Waals surface area contributed by atoms with Crippen LogP contribution < -0.4 is 10.6 Å². The summed E-state index contributed by atoms with van der Waals surface area (Å²) in [6, 6.07) is -1.53. The molecular weight excluding hydrogens is 196 g/mol. The fourth-order valence-corrected chi connectivity index (χ4v) is 0.990. The Bertz CT molecular complexity index is 270. The van der Waals surface area contributed by atoms with E-state index in [0.717, 1.165) is 0 Å². The predicted molar refractivity (Wildman–Crippen MR) is 56.3 cm³/mol. The molecule has 0 saturated carbocycles. The summed E-state index contributed by atoms with van der Waals surface area (Å²) in [4.78, 5) is 21.9. The predicted octanol–water partition coefficient (Wildman–Crippen LogP) is 0.561. The average Bonchev–Trinajstić information content (AvgIpc) is 2.13. The van der Waals surface area contributed by atoms with Crippen molar-refractivity contribution in [2.24, 2.45) is 0 Å². The molecular formula is C10H16N2O3. The maximum atomic E-state index is 11.2. The van der Waals surface area contributed by atoms with E-state index in [1.807, 2.05) is 0 Å². The monoisotopic (exact) mass is 212 g/mol. The first-order valence-corrected chi connectivity index (χ1v) is 4.74. The van der Waals surface area contributed by atoms with E-state index in [4.69, 9.17) is 11.5 Å². The summed E-state index contributed by atoms with van der Waals surface area (Å²) in [6.07, 6.45) is 5.82. The smallest absolute Gasteiger partial charge is 0.326 e. The topological polar surface area (TPSA) is 78.4 Å². The molecule has 84 valence electrons. The SMILES string of the molecule is C#CCC(C)NC(=O)NC(CC)C(=O)O. The molecule has 0 aromatic rings. The Labute approximate surface area is 89.2 Å². The first-order valence-electron chi connectivity index (χ1n) is 4.74. The van der Waals surface area contributed by atoms with Gasteiger partial charge in [-0.2, -0.15) is 0 Å². The largest absolute Gasteiger partial charge is 0.480 e. The molecule has 5 heteroatoms. The molecule has 0 aromatic heterocycles.